The van der Waals surface area contributed by atoms with Gasteiger partial charge in [0.2, 0.25) is 5.91 Å². The highest BCUT2D eigenvalue weighted by Crippen LogP contribution is 1.99. The molecule has 90 valence electrons. The molecule has 0 aliphatic carbocycles. The predicted molar refractivity (Wildman–Crippen MR) is 63.6 cm³/mol. The van der Waals surface area contributed by atoms with Crippen LogP contribution in [0.4, 0.5) is 0 Å². The van der Waals surface area contributed by atoms with Gasteiger partial charge in [-0.05, 0) is 33.9 Å². The van der Waals surface area contributed by atoms with Crippen LogP contribution in [0.15, 0.2) is 0 Å². The van der Waals surface area contributed by atoms with Crippen molar-refractivity contribution >= 4 is 5.91 Å². The Kier molecular flexibility index (Phi) is 7.34. The van der Waals surface area contributed by atoms with E-state index in [1.54, 1.807) is 0 Å². The summed E-state index contributed by atoms with van der Waals surface area (Å²) in [5.41, 5.74) is 5.40. The molecule has 0 aromatic rings. The zero-order valence-electron chi connectivity index (χ0n) is 10.4. The molecular weight excluding hydrogens is 190 g/mol. The molecular formula is C11H25N3O. The molecule has 1 unspecified atom stereocenters. The fourth-order valence-corrected chi connectivity index (χ4v) is 1.17. The van der Waals surface area contributed by atoms with E-state index in [9.17, 15) is 4.79 Å². The molecule has 0 radical (unpaired) electrons. The van der Waals surface area contributed by atoms with Gasteiger partial charge in [0.1, 0.15) is 0 Å². The number of hydrogen-bond acceptors (Lipinski definition) is 3. The van der Waals surface area contributed by atoms with E-state index in [4.69, 9.17) is 5.73 Å². The van der Waals surface area contributed by atoms with Crippen LogP contribution < -0.4 is 11.1 Å². The van der Waals surface area contributed by atoms with Gasteiger partial charge in [0.15, 0.2) is 0 Å². The van der Waals surface area contributed by atoms with Crippen LogP contribution in [-0.2, 0) is 4.79 Å². The highest BCUT2D eigenvalue weighted by atomic mass is 16.1. The lowest BCUT2D eigenvalue weighted by Gasteiger charge is -2.21. The van der Waals surface area contributed by atoms with Gasteiger partial charge in [-0.25, -0.2) is 0 Å². The first kappa shape index (κ1) is 14.4. The molecule has 0 rings (SSSR count). The van der Waals surface area contributed by atoms with Crippen molar-refractivity contribution in [3.05, 3.63) is 0 Å². The van der Waals surface area contributed by atoms with Crippen molar-refractivity contribution in [1.29, 1.82) is 0 Å². The number of nitrogens with two attached hydrogens (primary N) is 1. The van der Waals surface area contributed by atoms with Crippen LogP contribution in [0.25, 0.3) is 0 Å². The molecule has 1 atom stereocenters. The van der Waals surface area contributed by atoms with Gasteiger partial charge < -0.3 is 16.0 Å². The van der Waals surface area contributed by atoms with E-state index in [1.807, 2.05) is 6.92 Å². The van der Waals surface area contributed by atoms with Gasteiger partial charge in [-0.2, -0.15) is 0 Å². The van der Waals surface area contributed by atoms with Gasteiger partial charge in [-0.15, -0.1) is 0 Å². The lowest BCUT2D eigenvalue weighted by molar-refractivity contribution is -0.124. The summed E-state index contributed by atoms with van der Waals surface area (Å²) in [7, 11) is 2.06. The van der Waals surface area contributed by atoms with Gasteiger partial charge in [-0.1, -0.05) is 6.92 Å². The first-order valence-electron chi connectivity index (χ1n) is 5.67. The van der Waals surface area contributed by atoms with Crippen molar-refractivity contribution in [3.8, 4) is 0 Å². The highest BCUT2D eigenvalue weighted by Gasteiger charge is 2.11. The summed E-state index contributed by atoms with van der Waals surface area (Å²) >= 11 is 0. The molecule has 3 N–H and O–H groups in total. The molecule has 0 bridgehead atoms. The van der Waals surface area contributed by atoms with Crippen molar-refractivity contribution in [2.24, 2.45) is 11.7 Å². The first-order valence-corrected chi connectivity index (χ1v) is 5.67. The minimum atomic E-state index is 0.0272. The average Bonchev–Trinajstić information content (AvgIpc) is 2.17. The normalized spacial score (nSPS) is 13.3. The molecule has 0 aliphatic rings. The van der Waals surface area contributed by atoms with Gasteiger partial charge in [-0.3, -0.25) is 4.79 Å². The Morgan fingerprint density at radius 2 is 2.00 bits per heavy atom. The summed E-state index contributed by atoms with van der Waals surface area (Å²) in [6.07, 6.45) is 0.756. The molecule has 0 aliphatic heterocycles. The summed E-state index contributed by atoms with van der Waals surface area (Å²) < 4.78 is 0. The summed E-state index contributed by atoms with van der Waals surface area (Å²) in [6.45, 7) is 8.35. The van der Waals surface area contributed by atoms with Crippen molar-refractivity contribution < 1.29 is 4.79 Å². The Labute approximate surface area is 93.2 Å². The van der Waals surface area contributed by atoms with Crippen molar-refractivity contribution in [2.75, 3.05) is 26.7 Å². The largest absolute Gasteiger partial charge is 0.355 e. The van der Waals surface area contributed by atoms with Crippen LogP contribution in [0.2, 0.25) is 0 Å². The molecule has 0 spiro atoms. The quantitative estimate of drug-likeness (QED) is 0.647. The lowest BCUT2D eigenvalue weighted by atomic mass is 10.1. The fourth-order valence-electron chi connectivity index (χ4n) is 1.17. The van der Waals surface area contributed by atoms with Crippen molar-refractivity contribution in [2.45, 2.75) is 33.2 Å². The van der Waals surface area contributed by atoms with Crippen LogP contribution in [0.3, 0.4) is 0 Å². The van der Waals surface area contributed by atoms with Crippen LogP contribution >= 0.6 is 0 Å². The number of carbonyl (C=O) groups excluding carboxylic acids is 1. The standard InChI is InChI=1S/C11H25N3O/c1-9(2)14(4)8-7-13-11(15)10(3)5-6-12/h9-10H,5-8,12H2,1-4H3,(H,13,15). The Balaban J connectivity index is 3.63. The minimum Gasteiger partial charge on any atom is -0.355 e. The second-order valence-corrected chi connectivity index (χ2v) is 4.34. The highest BCUT2D eigenvalue weighted by molar-refractivity contribution is 5.78. The third-order valence-corrected chi connectivity index (χ3v) is 2.69. The number of amides is 1. The van der Waals surface area contributed by atoms with Gasteiger partial charge in [0, 0.05) is 25.0 Å². The zero-order valence-corrected chi connectivity index (χ0v) is 10.4. The number of carbonyl (C=O) groups is 1. The van der Waals surface area contributed by atoms with Crippen LogP contribution in [0.1, 0.15) is 27.2 Å². The molecule has 0 aromatic carbocycles. The first-order chi connectivity index (χ1) is 6.99. The molecule has 0 heterocycles. The molecule has 0 aromatic heterocycles. The summed E-state index contributed by atoms with van der Waals surface area (Å²) in [4.78, 5) is 13.7. The van der Waals surface area contributed by atoms with Gasteiger partial charge in [0.05, 0.1) is 0 Å². The van der Waals surface area contributed by atoms with Crippen LogP contribution in [0, 0.1) is 5.92 Å². The third kappa shape index (κ3) is 6.47. The fraction of sp³-hybridized carbons (Fsp3) is 0.909. The van der Waals surface area contributed by atoms with E-state index >= 15 is 0 Å². The Bertz CT molecular complexity index is 183. The maximum Gasteiger partial charge on any atom is 0.222 e. The molecule has 0 saturated carbocycles. The molecule has 4 nitrogen and oxygen atoms in total. The van der Waals surface area contributed by atoms with E-state index < -0.39 is 0 Å². The monoisotopic (exact) mass is 215 g/mol. The Morgan fingerprint density at radius 3 is 2.47 bits per heavy atom. The van der Waals surface area contributed by atoms with E-state index in [1.165, 1.54) is 0 Å². The number of likely N-dealkylation sites (N-methyl/N-ethyl adjacent to an activating group) is 1. The Morgan fingerprint density at radius 1 is 1.40 bits per heavy atom. The molecule has 1 amide bonds. The maximum atomic E-state index is 11.5. The van der Waals surface area contributed by atoms with Crippen molar-refractivity contribution in [1.82, 2.24) is 10.2 Å². The predicted octanol–water partition coefficient (Wildman–Crippen LogP) is 0.428. The van der Waals surface area contributed by atoms with E-state index in [2.05, 4.69) is 31.1 Å². The minimum absolute atomic E-state index is 0.0272. The third-order valence-electron chi connectivity index (χ3n) is 2.69. The van der Waals surface area contributed by atoms with Gasteiger partial charge in [0.25, 0.3) is 0 Å². The maximum absolute atomic E-state index is 11.5. The smallest absolute Gasteiger partial charge is 0.222 e. The van der Waals surface area contributed by atoms with Crippen LogP contribution in [-0.4, -0.2) is 43.5 Å². The average molecular weight is 215 g/mol. The summed E-state index contributed by atoms with van der Waals surface area (Å²) in [5, 5.41) is 2.92. The number of rotatable bonds is 7. The van der Waals surface area contributed by atoms with Crippen LogP contribution in [0.5, 0.6) is 0 Å². The Hall–Kier alpha value is -0.610. The molecule has 0 saturated heterocycles. The number of nitrogens with zero attached hydrogens (tertiary/aromatic N) is 1. The van der Waals surface area contributed by atoms with E-state index in [0.29, 0.717) is 19.1 Å². The summed E-state index contributed by atoms with van der Waals surface area (Å²) in [6, 6.07) is 0.517. The number of nitrogens with one attached hydrogen (secondary N) is 1. The second-order valence-electron chi connectivity index (χ2n) is 4.34. The summed E-state index contributed by atoms with van der Waals surface area (Å²) in [5.74, 6) is 0.136. The molecule has 0 fully saturated rings. The topological polar surface area (TPSA) is 58.4 Å². The second kappa shape index (κ2) is 7.65. The van der Waals surface area contributed by atoms with E-state index in [0.717, 1.165) is 13.0 Å². The van der Waals surface area contributed by atoms with Crippen molar-refractivity contribution in [3.63, 3.8) is 0 Å². The lowest BCUT2D eigenvalue weighted by Crippen LogP contribution is -2.38. The molecule has 4 heteroatoms. The SMILES string of the molecule is CC(CCN)C(=O)NCCN(C)C(C)C. The van der Waals surface area contributed by atoms with Gasteiger partial charge >= 0.3 is 0 Å². The zero-order chi connectivity index (χ0) is 11.8. The van der Waals surface area contributed by atoms with E-state index in [-0.39, 0.29) is 11.8 Å². The molecule has 15 heavy (non-hydrogen) atoms. The number of hydrogen-bond donors (Lipinski definition) is 2.